The van der Waals surface area contributed by atoms with E-state index in [-0.39, 0.29) is 231 Å². The van der Waals surface area contributed by atoms with Crippen molar-refractivity contribution >= 4 is 127 Å². The number of nitrogens with two attached hydrogens (primary N) is 4. The molecule has 22 N–H and O–H groups in total. The van der Waals surface area contributed by atoms with E-state index in [2.05, 4.69) is 36.7 Å². The quantitative estimate of drug-likeness (QED) is 0.00915. The Balaban J connectivity index is 1.67. The lowest BCUT2D eigenvalue weighted by Crippen LogP contribution is -2.32. The molecule has 0 radical (unpaired) electrons. The second kappa shape index (κ2) is 59.9. The zero-order valence-corrected chi connectivity index (χ0v) is 82.9. The monoisotopic (exact) mass is 2170 g/mol. The minimum Gasteiger partial charge on any atom is -0.489 e. The molecule has 0 bridgehead atoms. The van der Waals surface area contributed by atoms with Gasteiger partial charge in [0, 0.05) is 86.7 Å². The highest BCUT2D eigenvalue weighted by Crippen LogP contribution is 2.44. The van der Waals surface area contributed by atoms with Crippen LogP contribution in [0.4, 0.5) is 0 Å². The van der Waals surface area contributed by atoms with Gasteiger partial charge in [0.2, 0.25) is 23.0 Å². The van der Waals surface area contributed by atoms with Crippen molar-refractivity contribution in [1.29, 1.82) is 0 Å². The second-order valence-electron chi connectivity index (χ2n) is 29.8. The number of nitrogens with one attached hydrogen (secondary N) is 5. The maximum Gasteiger partial charge on any atom is 0.264 e. The van der Waals surface area contributed by atoms with Crippen molar-refractivity contribution in [3.8, 4) is 69.0 Å². The van der Waals surface area contributed by atoms with E-state index in [0.29, 0.717) is 6.42 Å². The van der Waals surface area contributed by atoms with Gasteiger partial charge in [0.15, 0.2) is 46.0 Å². The van der Waals surface area contributed by atoms with Crippen LogP contribution < -0.4 is 107 Å². The number of rotatable bonds is 75. The first kappa shape index (κ1) is 122. The number of hydrazone groups is 1. The molecule has 0 spiro atoms. The molecule has 794 valence electrons. The number of carbonyl (C=O) groups excluding carboxylic acids is 4. The summed E-state index contributed by atoms with van der Waals surface area (Å²) in [6.45, 7) is -3.48. The third-order valence-corrected chi connectivity index (χ3v) is 24.7. The normalized spacial score (nSPS) is 12.7. The molecule has 4 rings (SSSR count). The number of ether oxygens (including phenoxy) is 12. The molecule has 0 atom stereocenters. The van der Waals surface area contributed by atoms with E-state index in [1.807, 2.05) is 0 Å². The smallest absolute Gasteiger partial charge is 0.264 e. The highest BCUT2D eigenvalue weighted by molar-refractivity contribution is 7.87. The summed E-state index contributed by atoms with van der Waals surface area (Å²) in [5.41, 5.74) is 12.2. The number of hydrazine groups is 1. The van der Waals surface area contributed by atoms with Crippen molar-refractivity contribution in [3.63, 3.8) is 0 Å². The number of hydrogen-bond acceptors (Lipinski definition) is 42. The van der Waals surface area contributed by atoms with Gasteiger partial charge in [0.05, 0.1) is 123 Å². The highest BCUT2D eigenvalue weighted by atomic mass is 32.3. The Morgan fingerprint density at radius 2 is 0.579 bits per heavy atom. The fourth-order valence-electron chi connectivity index (χ4n) is 11.2. The SMILES string of the molecule is CCCNC(=O)c1cc(OC/C(N)=C/NCCCNC(=O)c2cc(OCCCS(=O)(=O)O)c(OCCCS(=O)(=O)O)c(OCCCS(=O)(=O)O)c2)c(OCC(C=NCCCNC(=O)c2cc(OCCCS(=O)(=O)O)c(OCCCS(=O)(=O)O)c(OCCCS(=O)(=O)O)c2)=NN)c(OC/C(N)=C/N(N)CCCNC(=O)c2cc(OCCCS(=O)(=O)O)c(OCCCS(=O)(=O)O)c(OCCCS(=O)(=O)O)c2)c1. The molecule has 4 aromatic carbocycles. The van der Waals surface area contributed by atoms with E-state index in [4.69, 9.17) is 80.0 Å². The van der Waals surface area contributed by atoms with E-state index in [0.717, 1.165) is 29.3 Å². The molecule has 4 amide bonds. The van der Waals surface area contributed by atoms with Gasteiger partial charge in [-0.1, -0.05) is 6.92 Å². The summed E-state index contributed by atoms with van der Waals surface area (Å²) in [7, 11) is -40.2. The van der Waals surface area contributed by atoms with Crippen LogP contribution in [-0.4, -0.2) is 334 Å². The summed E-state index contributed by atoms with van der Waals surface area (Å²) in [6.07, 6.45) is 2.05. The van der Waals surface area contributed by atoms with E-state index in [1.165, 1.54) is 42.9 Å². The zero-order valence-electron chi connectivity index (χ0n) is 75.6. The van der Waals surface area contributed by atoms with Gasteiger partial charge in [-0.15, -0.1) is 0 Å². The number of nitrogens with zero attached hydrogens (tertiary/aromatic N) is 3. The third kappa shape index (κ3) is 55.5. The van der Waals surface area contributed by atoms with Crippen molar-refractivity contribution in [1.82, 2.24) is 31.6 Å². The largest absolute Gasteiger partial charge is 0.489 e. The van der Waals surface area contributed by atoms with Crippen molar-refractivity contribution in [2.24, 2.45) is 33.2 Å². The number of benzene rings is 4. The van der Waals surface area contributed by atoms with Gasteiger partial charge < -0.3 is 106 Å². The van der Waals surface area contributed by atoms with Crippen LogP contribution in [-0.2, 0) is 91.1 Å². The fraction of sp³-hybridized carbons (Fsp3) is 0.553. The number of aliphatic imine (C=N–C) groups is 1. The standard InChI is InChI=1S/C76H118N12O43S9/c1-2-15-83-73(89)57-46-67(129-51-58(77)48-81-16-3-18-84-74(90)54-40-61(120-22-6-31-132(93,94)95)69(126-28-12-37-138(111,112)113)62(41-54)121-23-7-32-133(96,97)98)72(131-53-60(87-79)49-82-17-4-19-85-75(91)55-42-63(122-24-8-33-134(99,100)101)70(127-29-13-38-139(114,115)116)64(43-55)123-25-9-34-135(102,103)104)68(47-57)130-52-59(78)50-88(80)21-5-20-86-76(92)56-44-65(124-26-10-35-136(105,106)107)71(128-30-14-39-140(117,118)119)66(45-56)125-27-11-36-137(108,109)110/h40-50,81H,2-39,51-53,77-80H2,1H3,(H,83,89)(H,84,90)(H,85,91)(H,86,92)(H,93,94,95)(H,96,97,98)(H,99,100,101)(H,102,103,104)(H,105,106,107)(H,108,109,110)(H,111,112,113)(H,114,115,116)(H,117,118,119)/b58-48-,59-50-,82-49?,87-60?. The lowest BCUT2D eigenvalue weighted by molar-refractivity contribution is 0.0943. The first-order valence-corrected chi connectivity index (χ1v) is 56.7. The van der Waals surface area contributed by atoms with Gasteiger partial charge in [-0.2, -0.15) is 80.9 Å². The summed E-state index contributed by atoms with van der Waals surface area (Å²) in [4.78, 5) is 59.6. The minimum atomic E-state index is -4.47. The first-order chi connectivity index (χ1) is 65.4. The minimum absolute atomic E-state index is 0.00113. The third-order valence-electron chi connectivity index (χ3n) is 17.5. The number of carbonyl (C=O) groups is 4. The zero-order chi connectivity index (χ0) is 105. The van der Waals surface area contributed by atoms with Gasteiger partial charge >= 0.3 is 0 Å². The molecule has 0 fully saturated rings. The van der Waals surface area contributed by atoms with Gasteiger partial charge in [-0.3, -0.25) is 65.1 Å². The fourth-order valence-corrected chi connectivity index (χ4v) is 15.6. The van der Waals surface area contributed by atoms with Crippen LogP contribution in [0.2, 0.25) is 0 Å². The Bertz CT molecular complexity index is 5800. The molecular formula is C76H118N12O43S9. The summed E-state index contributed by atoms with van der Waals surface area (Å²) >= 11 is 0. The average molecular weight is 2180 g/mol. The lowest BCUT2D eigenvalue weighted by Gasteiger charge is -2.20. The number of hydrogen-bond donors (Lipinski definition) is 18. The van der Waals surface area contributed by atoms with Crippen LogP contribution in [0.1, 0.15) is 132 Å². The maximum absolute atomic E-state index is 13.9. The van der Waals surface area contributed by atoms with Crippen molar-refractivity contribution < 1.29 is 193 Å². The topological polar surface area (TPSA) is 861 Å². The lowest BCUT2D eigenvalue weighted by atomic mass is 10.1. The molecule has 0 unspecified atom stereocenters. The van der Waals surface area contributed by atoms with Gasteiger partial charge in [0.1, 0.15) is 25.5 Å². The Labute approximate surface area is 809 Å². The Morgan fingerprint density at radius 1 is 0.329 bits per heavy atom. The van der Waals surface area contributed by atoms with Crippen LogP contribution in [0.25, 0.3) is 0 Å². The summed E-state index contributed by atoms with van der Waals surface area (Å²) in [6, 6.07) is 9.50. The van der Waals surface area contributed by atoms with Crippen molar-refractivity contribution in [2.45, 2.75) is 90.4 Å². The average Bonchev–Trinajstić information content (AvgIpc) is 0.819. The predicted octanol–water partition coefficient (Wildman–Crippen LogP) is 0.0844. The first-order valence-electron chi connectivity index (χ1n) is 42.2. The molecule has 4 aromatic rings. The van der Waals surface area contributed by atoms with Gasteiger partial charge in [0.25, 0.3) is 115 Å². The van der Waals surface area contributed by atoms with Gasteiger partial charge in [-0.25, -0.2) is 5.84 Å². The molecule has 0 saturated carbocycles. The highest BCUT2D eigenvalue weighted by Gasteiger charge is 2.28. The van der Waals surface area contributed by atoms with E-state index < -0.39 is 246 Å². The van der Waals surface area contributed by atoms with E-state index in [1.54, 1.807) is 6.92 Å². The molecule has 0 aromatic heterocycles. The van der Waals surface area contributed by atoms with E-state index in [9.17, 15) is 136 Å². The molecule has 140 heavy (non-hydrogen) atoms. The Morgan fingerprint density at radius 3 is 0.857 bits per heavy atom. The molecule has 55 nitrogen and oxygen atoms in total. The predicted molar refractivity (Wildman–Crippen MR) is 503 cm³/mol. The van der Waals surface area contributed by atoms with Gasteiger partial charge in [-0.05, 0) is 132 Å². The van der Waals surface area contributed by atoms with Crippen LogP contribution in [0.15, 0.2) is 82.4 Å². The molecule has 64 heteroatoms. The molecule has 0 heterocycles. The Kier molecular flexibility index (Phi) is 52.1. The van der Waals surface area contributed by atoms with Crippen LogP contribution >= 0.6 is 0 Å². The van der Waals surface area contributed by atoms with Crippen LogP contribution in [0, 0.1) is 0 Å². The maximum atomic E-state index is 13.9. The summed E-state index contributed by atoms with van der Waals surface area (Å²) < 4.78 is 361. The molecule has 0 aliphatic heterocycles. The van der Waals surface area contributed by atoms with Crippen LogP contribution in [0.3, 0.4) is 0 Å². The molecule has 0 aliphatic rings. The van der Waals surface area contributed by atoms with E-state index >= 15 is 0 Å². The number of amides is 4. The Hall–Kier alpha value is -10.7. The van der Waals surface area contributed by atoms with Crippen LogP contribution in [0.5, 0.6) is 69.0 Å². The van der Waals surface area contributed by atoms with Crippen molar-refractivity contribution in [2.75, 3.05) is 177 Å². The van der Waals surface area contributed by atoms with Crippen molar-refractivity contribution in [3.05, 3.63) is 94.6 Å². The molecular weight excluding hydrogens is 2060 g/mol. The summed E-state index contributed by atoms with van der Waals surface area (Å²) in [5.74, 6) is -0.539. The molecule has 0 saturated heterocycles. The second-order valence-corrected chi connectivity index (χ2v) is 44.0. The molecule has 0 aliphatic carbocycles. The summed E-state index contributed by atoms with van der Waals surface area (Å²) in [5, 5.41) is 18.6.